The standard InChI is InChI=1S/C28H35FN2O2/c1-2-9-27(32)31(21-24-14-16-25(29)17-15-24)26(20-23-12-7-4-8-13-23)28(33)30-19-18-22-10-5-3-6-11-22/h4,7-8,10,12-17,26H,2-3,5-6,9,11,18-21H2,1H3,(H,30,33). The van der Waals surface area contributed by atoms with Crippen molar-refractivity contribution in [1.29, 1.82) is 0 Å². The predicted molar refractivity (Wildman–Crippen MR) is 130 cm³/mol. The minimum Gasteiger partial charge on any atom is -0.354 e. The molecule has 0 aromatic heterocycles. The molecule has 0 saturated carbocycles. The summed E-state index contributed by atoms with van der Waals surface area (Å²) >= 11 is 0. The normalized spacial score (nSPS) is 14.3. The Morgan fingerprint density at radius 3 is 2.45 bits per heavy atom. The van der Waals surface area contributed by atoms with Crippen LogP contribution in [-0.4, -0.2) is 29.3 Å². The lowest BCUT2D eigenvalue weighted by molar-refractivity contribution is -0.141. The fourth-order valence-corrected chi connectivity index (χ4v) is 4.29. The average Bonchev–Trinajstić information content (AvgIpc) is 2.84. The lowest BCUT2D eigenvalue weighted by Crippen LogP contribution is -2.50. The third-order valence-electron chi connectivity index (χ3n) is 6.13. The molecule has 0 fully saturated rings. The third kappa shape index (κ3) is 7.85. The van der Waals surface area contributed by atoms with Gasteiger partial charge in [-0.1, -0.05) is 61.0 Å². The Balaban J connectivity index is 1.79. The third-order valence-corrected chi connectivity index (χ3v) is 6.13. The summed E-state index contributed by atoms with van der Waals surface area (Å²) in [6, 6.07) is 15.3. The van der Waals surface area contributed by atoms with Gasteiger partial charge in [-0.3, -0.25) is 9.59 Å². The number of rotatable bonds is 11. The molecule has 4 nitrogen and oxygen atoms in total. The van der Waals surface area contributed by atoms with Crippen LogP contribution in [0.1, 0.15) is 63.0 Å². The molecule has 176 valence electrons. The van der Waals surface area contributed by atoms with E-state index in [9.17, 15) is 14.0 Å². The highest BCUT2D eigenvalue weighted by Crippen LogP contribution is 2.20. The highest BCUT2D eigenvalue weighted by atomic mass is 19.1. The second-order valence-electron chi connectivity index (χ2n) is 8.75. The van der Waals surface area contributed by atoms with Crippen molar-refractivity contribution in [2.24, 2.45) is 0 Å². The zero-order valence-corrected chi connectivity index (χ0v) is 19.6. The molecule has 0 aliphatic heterocycles. The topological polar surface area (TPSA) is 49.4 Å². The maximum atomic E-state index is 13.4. The Bertz CT molecular complexity index is 925. The summed E-state index contributed by atoms with van der Waals surface area (Å²) in [5.74, 6) is -0.518. The number of nitrogens with one attached hydrogen (secondary N) is 1. The Kier molecular flexibility index (Phi) is 9.67. The fourth-order valence-electron chi connectivity index (χ4n) is 4.29. The van der Waals surface area contributed by atoms with Gasteiger partial charge in [0.1, 0.15) is 11.9 Å². The number of carbonyl (C=O) groups is 2. The van der Waals surface area contributed by atoms with Crippen LogP contribution in [-0.2, 0) is 22.6 Å². The van der Waals surface area contributed by atoms with Crippen LogP contribution in [0, 0.1) is 5.82 Å². The smallest absolute Gasteiger partial charge is 0.243 e. The predicted octanol–water partition coefficient (Wildman–Crippen LogP) is 5.57. The fraction of sp³-hybridized carbons (Fsp3) is 0.429. The van der Waals surface area contributed by atoms with E-state index < -0.39 is 6.04 Å². The van der Waals surface area contributed by atoms with Gasteiger partial charge in [-0.25, -0.2) is 4.39 Å². The molecule has 1 unspecified atom stereocenters. The molecule has 0 radical (unpaired) electrons. The van der Waals surface area contributed by atoms with Crippen molar-refractivity contribution in [1.82, 2.24) is 10.2 Å². The Morgan fingerprint density at radius 1 is 1.03 bits per heavy atom. The van der Waals surface area contributed by atoms with Crippen LogP contribution in [0.2, 0.25) is 0 Å². The SMILES string of the molecule is CCCC(=O)N(Cc1ccc(F)cc1)C(Cc1ccccc1)C(=O)NCCC1=CCCCC1. The Labute approximate surface area is 196 Å². The lowest BCUT2D eigenvalue weighted by Gasteiger charge is -2.31. The summed E-state index contributed by atoms with van der Waals surface area (Å²) in [5.41, 5.74) is 3.21. The monoisotopic (exact) mass is 450 g/mol. The molecule has 1 atom stereocenters. The van der Waals surface area contributed by atoms with E-state index in [2.05, 4.69) is 11.4 Å². The van der Waals surface area contributed by atoms with Gasteiger partial charge in [0.15, 0.2) is 0 Å². The molecule has 1 N–H and O–H groups in total. The van der Waals surface area contributed by atoms with E-state index in [4.69, 9.17) is 0 Å². The number of nitrogens with zero attached hydrogens (tertiary/aromatic N) is 1. The highest BCUT2D eigenvalue weighted by Gasteiger charge is 2.29. The number of hydrogen-bond donors (Lipinski definition) is 1. The summed E-state index contributed by atoms with van der Waals surface area (Å²) in [5, 5.41) is 3.09. The van der Waals surface area contributed by atoms with E-state index in [1.165, 1.54) is 30.5 Å². The van der Waals surface area contributed by atoms with E-state index in [0.29, 0.717) is 25.8 Å². The van der Waals surface area contributed by atoms with Crippen LogP contribution in [0.3, 0.4) is 0 Å². The molecule has 1 aliphatic rings. The molecule has 1 aliphatic carbocycles. The van der Waals surface area contributed by atoms with Gasteiger partial charge in [-0.05, 0) is 61.8 Å². The molecular formula is C28H35FN2O2. The molecule has 0 saturated heterocycles. The summed E-state index contributed by atoms with van der Waals surface area (Å²) in [6.07, 6.45) is 9.34. The van der Waals surface area contributed by atoms with Crippen LogP contribution in [0.25, 0.3) is 0 Å². The Hall–Kier alpha value is -2.95. The number of amides is 2. The second kappa shape index (κ2) is 12.9. The van der Waals surface area contributed by atoms with Crippen molar-refractivity contribution in [2.45, 2.75) is 70.9 Å². The zero-order valence-electron chi connectivity index (χ0n) is 19.6. The molecule has 2 aromatic carbocycles. The average molecular weight is 451 g/mol. The maximum Gasteiger partial charge on any atom is 0.243 e. The lowest BCUT2D eigenvalue weighted by atomic mass is 9.97. The van der Waals surface area contributed by atoms with E-state index in [1.54, 1.807) is 17.0 Å². The molecule has 33 heavy (non-hydrogen) atoms. The summed E-state index contributed by atoms with van der Waals surface area (Å²) in [7, 11) is 0. The molecule has 2 aromatic rings. The van der Waals surface area contributed by atoms with Crippen LogP contribution in [0.5, 0.6) is 0 Å². The van der Waals surface area contributed by atoms with Crippen molar-refractivity contribution in [3.05, 3.63) is 83.2 Å². The van der Waals surface area contributed by atoms with E-state index in [-0.39, 0.29) is 24.2 Å². The first kappa shape index (κ1) is 24.7. The van der Waals surface area contributed by atoms with Crippen LogP contribution >= 0.6 is 0 Å². The first-order valence-electron chi connectivity index (χ1n) is 12.1. The van der Waals surface area contributed by atoms with Gasteiger partial charge in [-0.2, -0.15) is 0 Å². The van der Waals surface area contributed by atoms with E-state index in [1.807, 2.05) is 37.3 Å². The summed E-state index contributed by atoms with van der Waals surface area (Å²) < 4.78 is 13.4. The number of allylic oxidation sites excluding steroid dienone is 1. The largest absolute Gasteiger partial charge is 0.354 e. The molecule has 0 heterocycles. The number of carbonyl (C=O) groups excluding carboxylic acids is 2. The first-order valence-corrected chi connectivity index (χ1v) is 12.1. The highest BCUT2D eigenvalue weighted by molar-refractivity contribution is 5.88. The molecular weight excluding hydrogens is 415 g/mol. The van der Waals surface area contributed by atoms with Crippen molar-refractivity contribution >= 4 is 11.8 Å². The van der Waals surface area contributed by atoms with E-state index in [0.717, 1.165) is 30.4 Å². The van der Waals surface area contributed by atoms with Gasteiger partial charge < -0.3 is 10.2 Å². The van der Waals surface area contributed by atoms with Crippen molar-refractivity contribution in [3.8, 4) is 0 Å². The number of halogens is 1. The van der Waals surface area contributed by atoms with Gasteiger partial charge in [0.2, 0.25) is 11.8 Å². The Morgan fingerprint density at radius 2 is 1.79 bits per heavy atom. The van der Waals surface area contributed by atoms with Gasteiger partial charge in [0.25, 0.3) is 0 Å². The van der Waals surface area contributed by atoms with Gasteiger partial charge >= 0.3 is 0 Å². The minimum absolute atomic E-state index is 0.0621. The molecule has 0 bridgehead atoms. The molecule has 5 heteroatoms. The van der Waals surface area contributed by atoms with Crippen molar-refractivity contribution in [3.63, 3.8) is 0 Å². The quantitative estimate of drug-likeness (QED) is 0.455. The number of benzene rings is 2. The van der Waals surface area contributed by atoms with Crippen LogP contribution < -0.4 is 5.32 Å². The van der Waals surface area contributed by atoms with E-state index >= 15 is 0 Å². The first-order chi connectivity index (χ1) is 16.1. The van der Waals surface area contributed by atoms with Crippen molar-refractivity contribution < 1.29 is 14.0 Å². The van der Waals surface area contributed by atoms with Crippen LogP contribution in [0.4, 0.5) is 4.39 Å². The van der Waals surface area contributed by atoms with Gasteiger partial charge in [-0.15, -0.1) is 0 Å². The van der Waals surface area contributed by atoms with Gasteiger partial charge in [0, 0.05) is 25.9 Å². The molecule has 0 spiro atoms. The summed E-state index contributed by atoms with van der Waals surface area (Å²) in [4.78, 5) is 28.2. The summed E-state index contributed by atoms with van der Waals surface area (Å²) in [6.45, 7) is 2.80. The van der Waals surface area contributed by atoms with Crippen LogP contribution in [0.15, 0.2) is 66.2 Å². The van der Waals surface area contributed by atoms with Gasteiger partial charge in [0.05, 0.1) is 0 Å². The minimum atomic E-state index is -0.628. The van der Waals surface area contributed by atoms with Crippen molar-refractivity contribution in [2.75, 3.05) is 6.54 Å². The molecule has 2 amide bonds. The maximum absolute atomic E-state index is 13.4. The molecule has 3 rings (SSSR count). The number of hydrogen-bond acceptors (Lipinski definition) is 2. The second-order valence-corrected chi connectivity index (χ2v) is 8.75. The zero-order chi connectivity index (χ0) is 23.5.